The van der Waals surface area contributed by atoms with Gasteiger partial charge >= 0.3 is 0 Å². The summed E-state index contributed by atoms with van der Waals surface area (Å²) in [6.07, 6.45) is 3.19. The molecule has 0 heterocycles. The summed E-state index contributed by atoms with van der Waals surface area (Å²) in [7, 11) is 0. The third-order valence-corrected chi connectivity index (χ3v) is 3.18. The fourth-order valence-corrected chi connectivity index (χ4v) is 2.23. The summed E-state index contributed by atoms with van der Waals surface area (Å²) < 4.78 is 0. The number of fused-ring (bicyclic) bond motifs is 1. The smallest absolute Gasteiger partial charge is 0.0647 e. The van der Waals surface area contributed by atoms with Gasteiger partial charge in [-0.05, 0) is 60.6 Å². The molecule has 0 bridgehead atoms. The summed E-state index contributed by atoms with van der Waals surface area (Å²) in [6.45, 7) is 2.25. The average Bonchev–Trinajstić information content (AvgIpc) is 2.39. The Morgan fingerprint density at radius 3 is 2.87 bits per heavy atom. The van der Waals surface area contributed by atoms with Gasteiger partial charge in [-0.2, -0.15) is 0 Å². The molecule has 1 aromatic rings. The fourth-order valence-electron chi connectivity index (χ4n) is 2.23. The minimum atomic E-state index is 0.167. The molecule has 0 unspecified atom stereocenters. The Hall–Kier alpha value is -1.28. The minimum absolute atomic E-state index is 0.167. The van der Waals surface area contributed by atoms with Gasteiger partial charge in [0.05, 0.1) is 6.61 Å². The van der Waals surface area contributed by atoms with Gasteiger partial charge in [-0.1, -0.05) is 6.07 Å². The van der Waals surface area contributed by atoms with Crippen molar-refractivity contribution in [3.63, 3.8) is 0 Å². The number of nitrogens with two attached hydrogens (primary N) is 1. The van der Waals surface area contributed by atoms with Gasteiger partial charge in [0.25, 0.3) is 0 Å². The van der Waals surface area contributed by atoms with Crippen molar-refractivity contribution in [1.29, 1.82) is 0 Å². The molecule has 80 valence electrons. The van der Waals surface area contributed by atoms with Crippen LogP contribution in [0.25, 0.3) is 5.57 Å². The van der Waals surface area contributed by atoms with Crippen molar-refractivity contribution in [1.82, 2.24) is 0 Å². The molecule has 1 aromatic carbocycles. The zero-order chi connectivity index (χ0) is 10.8. The predicted molar refractivity (Wildman–Crippen MR) is 63.5 cm³/mol. The number of hydrogen-bond acceptors (Lipinski definition) is 2. The molecule has 2 nitrogen and oxygen atoms in total. The largest absolute Gasteiger partial charge is 0.399 e. The molecule has 2 rings (SSSR count). The molecule has 0 radical (unpaired) electrons. The topological polar surface area (TPSA) is 46.2 Å². The number of hydrogen-bond donors (Lipinski definition) is 2. The third-order valence-electron chi connectivity index (χ3n) is 3.18. The van der Waals surface area contributed by atoms with Crippen LogP contribution in [0.1, 0.15) is 30.9 Å². The Kier molecular flexibility index (Phi) is 2.78. The second-order valence-corrected chi connectivity index (χ2v) is 4.16. The Labute approximate surface area is 90.4 Å². The van der Waals surface area contributed by atoms with E-state index in [4.69, 9.17) is 5.73 Å². The maximum atomic E-state index is 9.29. The van der Waals surface area contributed by atoms with Crippen LogP contribution in [-0.4, -0.2) is 11.7 Å². The number of rotatable bonds is 1. The second kappa shape index (κ2) is 4.07. The van der Waals surface area contributed by atoms with E-state index in [1.54, 1.807) is 0 Å². The van der Waals surface area contributed by atoms with E-state index in [2.05, 4.69) is 13.0 Å². The lowest BCUT2D eigenvalue weighted by Gasteiger charge is -2.10. The Morgan fingerprint density at radius 1 is 1.33 bits per heavy atom. The van der Waals surface area contributed by atoms with E-state index in [-0.39, 0.29) is 6.61 Å². The van der Waals surface area contributed by atoms with Crippen molar-refractivity contribution < 1.29 is 5.11 Å². The quantitative estimate of drug-likeness (QED) is 0.688. The first-order valence-electron chi connectivity index (χ1n) is 5.40. The number of anilines is 1. The fraction of sp³-hybridized carbons (Fsp3) is 0.385. The van der Waals surface area contributed by atoms with Gasteiger partial charge in [0, 0.05) is 5.69 Å². The highest BCUT2D eigenvalue weighted by atomic mass is 16.3. The van der Waals surface area contributed by atoms with Crippen molar-refractivity contribution >= 4 is 11.3 Å². The lowest BCUT2D eigenvalue weighted by Crippen LogP contribution is -1.95. The average molecular weight is 203 g/mol. The molecule has 1 aliphatic carbocycles. The maximum Gasteiger partial charge on any atom is 0.0647 e. The molecule has 3 N–H and O–H groups in total. The highest BCUT2D eigenvalue weighted by Crippen LogP contribution is 2.30. The van der Waals surface area contributed by atoms with Crippen LogP contribution in [0.2, 0.25) is 0 Å². The van der Waals surface area contributed by atoms with Crippen molar-refractivity contribution in [2.24, 2.45) is 0 Å². The van der Waals surface area contributed by atoms with Crippen molar-refractivity contribution in [2.75, 3.05) is 12.3 Å². The van der Waals surface area contributed by atoms with Crippen LogP contribution in [0.4, 0.5) is 5.69 Å². The van der Waals surface area contributed by atoms with E-state index in [0.717, 1.165) is 30.5 Å². The summed E-state index contributed by atoms with van der Waals surface area (Å²) in [4.78, 5) is 0. The molecule has 2 heteroatoms. The van der Waals surface area contributed by atoms with Gasteiger partial charge in [-0.25, -0.2) is 0 Å². The molecule has 0 saturated heterocycles. The zero-order valence-corrected chi connectivity index (χ0v) is 9.09. The highest BCUT2D eigenvalue weighted by Gasteiger charge is 2.13. The standard InChI is InChI=1S/C13H17NO/c1-9-11(8-15)4-2-3-10-5-6-12(14)7-13(9)10/h5-7,15H,2-4,8,14H2,1H3. The first-order chi connectivity index (χ1) is 7.22. The highest BCUT2D eigenvalue weighted by molar-refractivity contribution is 5.72. The van der Waals surface area contributed by atoms with E-state index in [9.17, 15) is 5.11 Å². The van der Waals surface area contributed by atoms with Crippen LogP contribution in [-0.2, 0) is 6.42 Å². The molecule has 0 saturated carbocycles. The molecular weight excluding hydrogens is 186 g/mol. The summed E-state index contributed by atoms with van der Waals surface area (Å²) in [5, 5.41) is 9.29. The van der Waals surface area contributed by atoms with Gasteiger partial charge in [0.1, 0.15) is 0 Å². The number of aliphatic hydroxyl groups excluding tert-OH is 1. The molecule has 0 fully saturated rings. The molecule has 0 spiro atoms. The van der Waals surface area contributed by atoms with Gasteiger partial charge < -0.3 is 10.8 Å². The van der Waals surface area contributed by atoms with Gasteiger partial charge in [0.2, 0.25) is 0 Å². The van der Waals surface area contributed by atoms with Crippen LogP contribution in [0.3, 0.4) is 0 Å². The Morgan fingerprint density at radius 2 is 2.13 bits per heavy atom. The SMILES string of the molecule is CC1=C(CO)CCCc2ccc(N)cc21. The normalized spacial score (nSPS) is 16.1. The van der Waals surface area contributed by atoms with Crippen LogP contribution >= 0.6 is 0 Å². The first kappa shape index (κ1) is 10.2. The second-order valence-electron chi connectivity index (χ2n) is 4.16. The molecular formula is C13H17NO. The molecule has 0 atom stereocenters. The van der Waals surface area contributed by atoms with Crippen LogP contribution in [0, 0.1) is 0 Å². The third kappa shape index (κ3) is 1.90. The first-order valence-corrected chi connectivity index (χ1v) is 5.40. The van der Waals surface area contributed by atoms with Crippen molar-refractivity contribution in [2.45, 2.75) is 26.2 Å². The van der Waals surface area contributed by atoms with E-state index in [0.29, 0.717) is 0 Å². The number of aliphatic hydroxyl groups is 1. The zero-order valence-electron chi connectivity index (χ0n) is 9.09. The monoisotopic (exact) mass is 203 g/mol. The van der Waals surface area contributed by atoms with Crippen molar-refractivity contribution in [3.8, 4) is 0 Å². The van der Waals surface area contributed by atoms with E-state index < -0.39 is 0 Å². The minimum Gasteiger partial charge on any atom is -0.399 e. The van der Waals surface area contributed by atoms with E-state index in [1.165, 1.54) is 16.7 Å². The van der Waals surface area contributed by atoms with Crippen molar-refractivity contribution in [3.05, 3.63) is 34.9 Å². The number of allylic oxidation sites excluding steroid dienone is 1. The molecule has 15 heavy (non-hydrogen) atoms. The molecule has 0 amide bonds. The summed E-state index contributed by atoms with van der Waals surface area (Å²) >= 11 is 0. The molecule has 1 aliphatic rings. The summed E-state index contributed by atoms with van der Waals surface area (Å²) in [5.41, 5.74) is 11.5. The molecule has 0 aliphatic heterocycles. The van der Waals surface area contributed by atoms with E-state index >= 15 is 0 Å². The number of benzene rings is 1. The number of aryl methyl sites for hydroxylation is 1. The lowest BCUT2D eigenvalue weighted by molar-refractivity contribution is 0.326. The summed E-state index contributed by atoms with van der Waals surface area (Å²) in [6, 6.07) is 6.08. The number of nitrogen functional groups attached to an aromatic ring is 1. The van der Waals surface area contributed by atoms with E-state index in [1.807, 2.05) is 12.1 Å². The maximum absolute atomic E-state index is 9.29. The van der Waals surface area contributed by atoms with Crippen LogP contribution < -0.4 is 5.73 Å². The lowest BCUT2D eigenvalue weighted by atomic mass is 9.97. The summed E-state index contributed by atoms with van der Waals surface area (Å²) in [5.74, 6) is 0. The van der Waals surface area contributed by atoms with Crippen LogP contribution in [0.15, 0.2) is 23.8 Å². The molecule has 0 aromatic heterocycles. The predicted octanol–water partition coefficient (Wildman–Crippen LogP) is 2.37. The Bertz CT molecular complexity index is 407. The van der Waals surface area contributed by atoms with Crippen LogP contribution in [0.5, 0.6) is 0 Å². The van der Waals surface area contributed by atoms with Gasteiger partial charge in [-0.15, -0.1) is 0 Å². The van der Waals surface area contributed by atoms with Gasteiger partial charge in [0.15, 0.2) is 0 Å². The Balaban J connectivity index is 2.56. The van der Waals surface area contributed by atoms with Gasteiger partial charge in [-0.3, -0.25) is 0 Å².